The fourth-order valence-corrected chi connectivity index (χ4v) is 7.30. The first-order valence-electron chi connectivity index (χ1n) is 13.2. The van der Waals surface area contributed by atoms with Gasteiger partial charge in [-0.1, -0.05) is 22.9 Å². The van der Waals surface area contributed by atoms with Crippen molar-refractivity contribution in [2.45, 2.75) is 37.3 Å². The van der Waals surface area contributed by atoms with Crippen LogP contribution in [0.25, 0.3) is 32.2 Å². The Morgan fingerprint density at radius 3 is 2.79 bits per heavy atom. The van der Waals surface area contributed by atoms with Crippen LogP contribution < -0.4 is 20.7 Å². The number of anilines is 2. The van der Waals surface area contributed by atoms with Crippen LogP contribution in [0, 0.1) is 11.6 Å². The molecular formula is C27H28ClF2N7OS. The molecule has 204 valence electrons. The van der Waals surface area contributed by atoms with Crippen molar-refractivity contribution in [3.8, 4) is 17.1 Å². The lowest BCUT2D eigenvalue weighted by Gasteiger charge is -2.49. The van der Waals surface area contributed by atoms with Gasteiger partial charge in [-0.05, 0) is 64.0 Å². The molecule has 3 fully saturated rings. The van der Waals surface area contributed by atoms with Crippen molar-refractivity contribution >= 4 is 55.0 Å². The molecule has 3 N–H and O–H groups in total. The van der Waals surface area contributed by atoms with Gasteiger partial charge in [0.25, 0.3) is 0 Å². The van der Waals surface area contributed by atoms with Crippen LogP contribution >= 0.6 is 22.9 Å². The first kappa shape index (κ1) is 25.1. The molecule has 1 atom stereocenters. The molecule has 0 radical (unpaired) electrons. The van der Waals surface area contributed by atoms with E-state index in [9.17, 15) is 4.39 Å². The Kier molecular flexibility index (Phi) is 6.03. The number of likely N-dealkylation sites (tertiary alicyclic amines) is 1. The average molecular weight is 572 g/mol. The van der Waals surface area contributed by atoms with E-state index in [2.05, 4.69) is 32.1 Å². The normalized spacial score (nSPS) is 20.9. The number of nitrogen functional groups attached to an aromatic ring is 1. The van der Waals surface area contributed by atoms with E-state index in [4.69, 9.17) is 27.1 Å². The number of nitrogens with one attached hydrogen (secondary N) is 1. The molecule has 8 nitrogen and oxygen atoms in total. The number of likely N-dealkylation sites (N-methyl/N-ethyl adjacent to an activating group) is 1. The zero-order chi connectivity index (χ0) is 26.9. The molecule has 0 amide bonds. The van der Waals surface area contributed by atoms with Gasteiger partial charge in [-0.25, -0.2) is 13.8 Å². The lowest BCUT2D eigenvalue weighted by Crippen LogP contribution is -2.67. The van der Waals surface area contributed by atoms with Gasteiger partial charge in [0.05, 0.1) is 20.8 Å². The van der Waals surface area contributed by atoms with E-state index in [1.54, 1.807) is 6.07 Å². The van der Waals surface area contributed by atoms with E-state index in [0.717, 1.165) is 63.2 Å². The number of hydrogen-bond acceptors (Lipinski definition) is 9. The molecule has 0 bridgehead atoms. The number of rotatable bonds is 5. The maximum Gasteiger partial charge on any atom is 0.319 e. The molecule has 7 rings (SSSR count). The minimum absolute atomic E-state index is 0.0669. The molecular weight excluding hydrogens is 544 g/mol. The minimum atomic E-state index is -0.627. The number of nitrogens with two attached hydrogens (primary N) is 1. The van der Waals surface area contributed by atoms with Crippen LogP contribution in [0.4, 0.5) is 19.7 Å². The largest absolute Gasteiger partial charge is 0.462 e. The van der Waals surface area contributed by atoms with Gasteiger partial charge in [-0.3, -0.25) is 0 Å². The quantitative estimate of drug-likeness (QED) is 0.352. The molecule has 12 heteroatoms. The van der Waals surface area contributed by atoms with E-state index in [0.29, 0.717) is 23.4 Å². The molecule has 3 saturated heterocycles. The van der Waals surface area contributed by atoms with Crippen molar-refractivity contribution in [2.75, 3.05) is 50.5 Å². The zero-order valence-electron chi connectivity index (χ0n) is 21.4. The number of nitrogens with zero attached hydrogens (tertiary/aromatic N) is 5. The minimum Gasteiger partial charge on any atom is -0.462 e. The second-order valence-electron chi connectivity index (χ2n) is 10.9. The Labute approximate surface area is 233 Å². The summed E-state index contributed by atoms with van der Waals surface area (Å²) >= 11 is 7.75. The first-order valence-corrected chi connectivity index (χ1v) is 14.4. The molecule has 1 unspecified atom stereocenters. The Bertz CT molecular complexity index is 1600. The van der Waals surface area contributed by atoms with E-state index in [1.807, 2.05) is 0 Å². The molecule has 0 saturated carbocycles. The van der Waals surface area contributed by atoms with E-state index < -0.39 is 11.6 Å². The van der Waals surface area contributed by atoms with Gasteiger partial charge in [-0.2, -0.15) is 9.97 Å². The standard InChI is InChI=1S/C27H28ClF2N7OS/c1-36-9-2-4-14(36)11-38-26-34-21-16(24(35-26)37-12-27(13-37)7-3-8-32-27)10-17(28)19(20(21)30)15-5-6-18(29)23-22(15)33-25(31)39-23/h5-6,10,14,32H,2-4,7-9,11-13H2,1H3,(H2,31,33). The highest BCUT2D eigenvalue weighted by molar-refractivity contribution is 7.22. The number of aromatic nitrogens is 3. The monoisotopic (exact) mass is 571 g/mol. The van der Waals surface area contributed by atoms with Gasteiger partial charge in [-0.15, -0.1) is 0 Å². The first-order chi connectivity index (χ1) is 18.8. The summed E-state index contributed by atoms with van der Waals surface area (Å²) in [5, 5.41) is 4.48. The summed E-state index contributed by atoms with van der Waals surface area (Å²) in [6.07, 6.45) is 4.38. The van der Waals surface area contributed by atoms with Gasteiger partial charge in [0.1, 0.15) is 23.8 Å². The van der Waals surface area contributed by atoms with Crippen LogP contribution in [0.5, 0.6) is 6.01 Å². The summed E-state index contributed by atoms with van der Waals surface area (Å²) in [6.45, 7) is 3.97. The maximum absolute atomic E-state index is 16.5. The van der Waals surface area contributed by atoms with Crippen molar-refractivity contribution in [2.24, 2.45) is 0 Å². The highest BCUT2D eigenvalue weighted by Crippen LogP contribution is 2.44. The molecule has 2 aromatic carbocycles. The summed E-state index contributed by atoms with van der Waals surface area (Å²) in [5.41, 5.74) is 6.77. The summed E-state index contributed by atoms with van der Waals surface area (Å²) in [7, 11) is 2.07. The van der Waals surface area contributed by atoms with Gasteiger partial charge in [0.15, 0.2) is 10.9 Å². The second kappa shape index (κ2) is 9.36. The molecule has 4 aromatic rings. The molecule has 3 aliphatic rings. The Hall–Kier alpha value is -2.86. The highest BCUT2D eigenvalue weighted by atomic mass is 35.5. The number of fused-ring (bicyclic) bond motifs is 2. The summed E-state index contributed by atoms with van der Waals surface area (Å²) < 4.78 is 37.3. The van der Waals surface area contributed by atoms with E-state index >= 15 is 4.39 Å². The average Bonchev–Trinajstić information content (AvgIpc) is 3.63. The van der Waals surface area contributed by atoms with Crippen molar-refractivity contribution < 1.29 is 13.5 Å². The number of benzene rings is 2. The molecule has 0 aliphatic carbocycles. The number of hydrogen-bond donors (Lipinski definition) is 2. The number of thiazole rings is 1. The highest BCUT2D eigenvalue weighted by Gasteiger charge is 2.46. The van der Waals surface area contributed by atoms with Gasteiger partial charge in [0, 0.05) is 35.6 Å². The second-order valence-corrected chi connectivity index (χ2v) is 12.3. The lowest BCUT2D eigenvalue weighted by molar-refractivity contribution is 0.188. The van der Waals surface area contributed by atoms with Crippen LogP contribution in [-0.4, -0.2) is 71.3 Å². The third-order valence-corrected chi connectivity index (χ3v) is 9.51. The Balaban J connectivity index is 1.35. The van der Waals surface area contributed by atoms with E-state index in [-0.39, 0.29) is 49.0 Å². The summed E-state index contributed by atoms with van der Waals surface area (Å²) in [5.74, 6) is -0.494. The van der Waals surface area contributed by atoms with Crippen molar-refractivity contribution in [1.82, 2.24) is 25.2 Å². The fraction of sp³-hybridized carbons (Fsp3) is 0.444. The SMILES string of the molecule is CN1CCCC1COc1nc(N2CC3(CCCN3)C2)c2cc(Cl)c(-c3ccc(F)c4sc(N)nc34)c(F)c2n1. The summed E-state index contributed by atoms with van der Waals surface area (Å²) in [6, 6.07) is 4.84. The predicted molar refractivity (Wildman–Crippen MR) is 151 cm³/mol. The predicted octanol–water partition coefficient (Wildman–Crippen LogP) is 4.84. The number of ether oxygens (including phenoxy) is 1. The number of halogens is 3. The fourth-order valence-electron chi connectivity index (χ4n) is 6.24. The Morgan fingerprint density at radius 2 is 2.05 bits per heavy atom. The van der Waals surface area contributed by atoms with Gasteiger partial charge >= 0.3 is 6.01 Å². The van der Waals surface area contributed by atoms with Crippen LogP contribution in [0.1, 0.15) is 25.7 Å². The maximum atomic E-state index is 16.5. The smallest absolute Gasteiger partial charge is 0.319 e. The van der Waals surface area contributed by atoms with Crippen LogP contribution in [-0.2, 0) is 0 Å². The summed E-state index contributed by atoms with van der Waals surface area (Å²) in [4.78, 5) is 18.0. The third-order valence-electron chi connectivity index (χ3n) is 8.32. The molecule has 39 heavy (non-hydrogen) atoms. The van der Waals surface area contributed by atoms with Gasteiger partial charge in [0.2, 0.25) is 0 Å². The zero-order valence-corrected chi connectivity index (χ0v) is 23.0. The molecule has 5 heterocycles. The van der Waals surface area contributed by atoms with Crippen molar-refractivity contribution in [1.29, 1.82) is 0 Å². The molecule has 1 spiro atoms. The third kappa shape index (κ3) is 4.18. The molecule has 3 aliphatic heterocycles. The van der Waals surface area contributed by atoms with Crippen LogP contribution in [0.3, 0.4) is 0 Å². The van der Waals surface area contributed by atoms with Crippen molar-refractivity contribution in [3.63, 3.8) is 0 Å². The van der Waals surface area contributed by atoms with Gasteiger partial charge < -0.3 is 25.6 Å². The van der Waals surface area contributed by atoms with Crippen LogP contribution in [0.15, 0.2) is 18.2 Å². The van der Waals surface area contributed by atoms with Crippen molar-refractivity contribution in [3.05, 3.63) is 34.9 Å². The topological polar surface area (TPSA) is 92.4 Å². The molecule has 2 aromatic heterocycles. The van der Waals surface area contributed by atoms with Crippen LogP contribution in [0.2, 0.25) is 5.02 Å². The van der Waals surface area contributed by atoms with E-state index in [1.165, 1.54) is 12.1 Å². The Morgan fingerprint density at radius 1 is 1.21 bits per heavy atom. The lowest BCUT2D eigenvalue weighted by atomic mass is 9.88.